The average molecular weight is 403 g/mol. The van der Waals surface area contributed by atoms with Crippen LogP contribution in [0.2, 0.25) is 0 Å². The van der Waals surface area contributed by atoms with Gasteiger partial charge in [-0.2, -0.15) is 5.10 Å². The third-order valence-corrected chi connectivity index (χ3v) is 5.14. The SMILES string of the molecule is CNc1cc(C)cc(C#Cc2[nH]nc3ncnc(NCCC(=O)N4CCCC4)c23)c1. The molecule has 1 aliphatic heterocycles. The van der Waals surface area contributed by atoms with E-state index in [0.717, 1.165) is 48.1 Å². The van der Waals surface area contributed by atoms with E-state index >= 15 is 0 Å². The number of aromatic amines is 1. The van der Waals surface area contributed by atoms with E-state index in [1.807, 2.05) is 31.0 Å². The van der Waals surface area contributed by atoms with Crippen LogP contribution in [0.1, 0.15) is 36.1 Å². The maximum absolute atomic E-state index is 12.3. The van der Waals surface area contributed by atoms with E-state index in [0.29, 0.717) is 30.1 Å². The minimum atomic E-state index is 0.178. The van der Waals surface area contributed by atoms with Crippen LogP contribution in [0.25, 0.3) is 11.0 Å². The number of carbonyl (C=O) groups is 1. The first kappa shape index (κ1) is 19.7. The molecular formula is C22H25N7O. The maximum Gasteiger partial charge on any atom is 0.224 e. The highest BCUT2D eigenvalue weighted by Crippen LogP contribution is 2.21. The summed E-state index contributed by atoms with van der Waals surface area (Å²) in [6.07, 6.45) is 4.09. The summed E-state index contributed by atoms with van der Waals surface area (Å²) in [5, 5.41) is 14.3. The number of nitrogens with one attached hydrogen (secondary N) is 3. The Morgan fingerprint density at radius 2 is 2.03 bits per heavy atom. The Bertz CT molecular complexity index is 1120. The van der Waals surface area contributed by atoms with Crippen molar-refractivity contribution in [3.8, 4) is 11.8 Å². The molecule has 3 N–H and O–H groups in total. The van der Waals surface area contributed by atoms with Gasteiger partial charge in [-0.1, -0.05) is 5.92 Å². The number of hydrogen-bond acceptors (Lipinski definition) is 6. The minimum absolute atomic E-state index is 0.178. The monoisotopic (exact) mass is 403 g/mol. The Morgan fingerprint density at radius 1 is 1.20 bits per heavy atom. The Morgan fingerprint density at radius 3 is 2.83 bits per heavy atom. The predicted molar refractivity (Wildman–Crippen MR) is 117 cm³/mol. The Kier molecular flexibility index (Phi) is 5.80. The number of carbonyl (C=O) groups excluding carboxylic acids is 1. The van der Waals surface area contributed by atoms with E-state index in [-0.39, 0.29) is 5.91 Å². The number of benzene rings is 1. The van der Waals surface area contributed by atoms with Gasteiger partial charge in [0.25, 0.3) is 0 Å². The number of aryl methyl sites for hydroxylation is 1. The lowest BCUT2D eigenvalue weighted by molar-refractivity contribution is -0.129. The van der Waals surface area contributed by atoms with Crippen LogP contribution < -0.4 is 10.6 Å². The van der Waals surface area contributed by atoms with Gasteiger partial charge in [-0.05, 0) is 49.4 Å². The third-order valence-electron chi connectivity index (χ3n) is 5.14. The van der Waals surface area contributed by atoms with Crippen molar-refractivity contribution >= 4 is 28.4 Å². The molecule has 1 saturated heterocycles. The second-order valence-corrected chi connectivity index (χ2v) is 7.37. The molecule has 0 unspecified atom stereocenters. The van der Waals surface area contributed by atoms with Gasteiger partial charge in [0.1, 0.15) is 17.8 Å². The van der Waals surface area contributed by atoms with Gasteiger partial charge < -0.3 is 15.5 Å². The van der Waals surface area contributed by atoms with Crippen LogP contribution in [0.4, 0.5) is 11.5 Å². The van der Waals surface area contributed by atoms with Crippen LogP contribution >= 0.6 is 0 Å². The average Bonchev–Trinajstić information content (AvgIpc) is 3.42. The zero-order valence-electron chi connectivity index (χ0n) is 17.2. The van der Waals surface area contributed by atoms with E-state index in [1.165, 1.54) is 6.33 Å². The lowest BCUT2D eigenvalue weighted by Crippen LogP contribution is -2.29. The molecular weight excluding hydrogens is 378 g/mol. The van der Waals surface area contributed by atoms with Gasteiger partial charge in [0, 0.05) is 44.4 Å². The van der Waals surface area contributed by atoms with E-state index in [4.69, 9.17) is 0 Å². The molecule has 3 heterocycles. The van der Waals surface area contributed by atoms with Crippen molar-refractivity contribution in [1.29, 1.82) is 0 Å². The molecule has 2 aromatic heterocycles. The molecule has 1 aromatic carbocycles. The standard InChI is InChI=1S/C22H25N7O/c1-15-11-16(13-17(12-15)23-2)5-6-18-20-21(25-14-26-22(20)28-27-18)24-8-7-19(30)29-9-3-4-10-29/h11-14,23H,3-4,7-10H2,1-2H3,(H2,24,25,26,27,28). The van der Waals surface area contributed by atoms with Crippen LogP contribution in [0.5, 0.6) is 0 Å². The smallest absolute Gasteiger partial charge is 0.224 e. The van der Waals surface area contributed by atoms with E-state index in [2.05, 4.69) is 48.7 Å². The quantitative estimate of drug-likeness (QED) is 0.566. The number of aromatic nitrogens is 4. The van der Waals surface area contributed by atoms with E-state index in [9.17, 15) is 4.79 Å². The van der Waals surface area contributed by atoms with Gasteiger partial charge in [-0.3, -0.25) is 9.89 Å². The topological polar surface area (TPSA) is 98.8 Å². The first-order chi connectivity index (χ1) is 14.6. The number of rotatable bonds is 5. The predicted octanol–water partition coefficient (Wildman–Crippen LogP) is 2.53. The molecule has 3 aromatic rings. The van der Waals surface area contributed by atoms with E-state index < -0.39 is 0 Å². The van der Waals surface area contributed by atoms with Crippen LogP contribution in [0.15, 0.2) is 24.5 Å². The van der Waals surface area contributed by atoms with Crippen molar-refractivity contribution in [2.24, 2.45) is 0 Å². The Hall–Kier alpha value is -3.60. The first-order valence-electron chi connectivity index (χ1n) is 10.2. The highest BCUT2D eigenvalue weighted by Gasteiger charge is 2.17. The van der Waals surface area contributed by atoms with Gasteiger partial charge in [0.15, 0.2) is 5.65 Å². The fourth-order valence-corrected chi connectivity index (χ4v) is 3.63. The van der Waals surface area contributed by atoms with Crippen molar-refractivity contribution in [1.82, 2.24) is 25.1 Å². The molecule has 8 nitrogen and oxygen atoms in total. The Balaban J connectivity index is 1.53. The van der Waals surface area contributed by atoms with Crippen molar-refractivity contribution in [3.05, 3.63) is 41.3 Å². The lowest BCUT2D eigenvalue weighted by atomic mass is 10.1. The number of nitrogens with zero attached hydrogens (tertiary/aromatic N) is 4. The molecule has 0 radical (unpaired) electrons. The summed E-state index contributed by atoms with van der Waals surface area (Å²) in [5.74, 6) is 7.15. The minimum Gasteiger partial charge on any atom is -0.388 e. The number of anilines is 2. The molecule has 4 rings (SSSR count). The second-order valence-electron chi connectivity index (χ2n) is 7.37. The molecule has 1 aliphatic rings. The van der Waals surface area contributed by atoms with Crippen LogP contribution in [0, 0.1) is 18.8 Å². The van der Waals surface area contributed by atoms with Crippen LogP contribution in [-0.2, 0) is 4.79 Å². The summed E-state index contributed by atoms with van der Waals surface area (Å²) in [6, 6.07) is 6.10. The van der Waals surface area contributed by atoms with Crippen molar-refractivity contribution < 1.29 is 4.79 Å². The highest BCUT2D eigenvalue weighted by molar-refractivity contribution is 5.91. The number of fused-ring (bicyclic) bond motifs is 1. The fraction of sp³-hybridized carbons (Fsp3) is 0.364. The van der Waals surface area contributed by atoms with Gasteiger partial charge >= 0.3 is 0 Å². The highest BCUT2D eigenvalue weighted by atomic mass is 16.2. The molecule has 0 saturated carbocycles. The number of likely N-dealkylation sites (tertiary alicyclic amines) is 1. The van der Waals surface area contributed by atoms with Gasteiger partial charge in [0.05, 0.1) is 5.39 Å². The Labute approximate surface area is 175 Å². The molecule has 0 bridgehead atoms. The number of amides is 1. The van der Waals surface area contributed by atoms with Gasteiger partial charge in [-0.15, -0.1) is 0 Å². The largest absolute Gasteiger partial charge is 0.388 e. The fourth-order valence-electron chi connectivity index (χ4n) is 3.63. The lowest BCUT2D eigenvalue weighted by Gasteiger charge is -2.15. The first-order valence-corrected chi connectivity index (χ1v) is 10.2. The summed E-state index contributed by atoms with van der Waals surface area (Å²) < 4.78 is 0. The van der Waals surface area contributed by atoms with E-state index in [1.54, 1.807) is 0 Å². The molecule has 154 valence electrons. The molecule has 0 atom stereocenters. The van der Waals surface area contributed by atoms with Gasteiger partial charge in [-0.25, -0.2) is 9.97 Å². The van der Waals surface area contributed by atoms with Crippen molar-refractivity contribution in [2.45, 2.75) is 26.2 Å². The molecule has 0 aliphatic carbocycles. The van der Waals surface area contributed by atoms with Gasteiger partial charge in [0.2, 0.25) is 5.91 Å². The normalized spacial score (nSPS) is 13.2. The molecule has 30 heavy (non-hydrogen) atoms. The molecule has 1 amide bonds. The summed E-state index contributed by atoms with van der Waals surface area (Å²) in [5.41, 5.74) is 4.25. The number of H-pyrrole nitrogens is 1. The molecule has 0 spiro atoms. The summed E-state index contributed by atoms with van der Waals surface area (Å²) in [6.45, 7) is 4.28. The summed E-state index contributed by atoms with van der Waals surface area (Å²) in [7, 11) is 1.89. The molecule has 8 heteroatoms. The van der Waals surface area contributed by atoms with Crippen LogP contribution in [0.3, 0.4) is 0 Å². The third kappa shape index (κ3) is 4.35. The summed E-state index contributed by atoms with van der Waals surface area (Å²) in [4.78, 5) is 22.8. The van der Waals surface area contributed by atoms with Crippen LogP contribution in [-0.4, -0.2) is 57.7 Å². The van der Waals surface area contributed by atoms with Crippen molar-refractivity contribution in [3.63, 3.8) is 0 Å². The zero-order valence-corrected chi connectivity index (χ0v) is 17.2. The second kappa shape index (κ2) is 8.82. The molecule has 1 fully saturated rings. The number of hydrogen-bond donors (Lipinski definition) is 3. The maximum atomic E-state index is 12.3. The summed E-state index contributed by atoms with van der Waals surface area (Å²) >= 11 is 0. The van der Waals surface area contributed by atoms with Crippen molar-refractivity contribution in [2.75, 3.05) is 37.3 Å². The zero-order chi connectivity index (χ0) is 20.9.